The number of aryl methyl sites for hydroxylation is 2. The normalized spacial score (nSPS) is 11.8. The van der Waals surface area contributed by atoms with Crippen molar-refractivity contribution in [2.45, 2.75) is 58.8 Å². The summed E-state index contributed by atoms with van der Waals surface area (Å²) in [5.74, 6) is 0.799. The summed E-state index contributed by atoms with van der Waals surface area (Å²) in [6.07, 6.45) is 0.414. The third-order valence-electron chi connectivity index (χ3n) is 5.08. The molecule has 0 fully saturated rings. The van der Waals surface area contributed by atoms with Crippen molar-refractivity contribution in [1.29, 1.82) is 0 Å². The van der Waals surface area contributed by atoms with Gasteiger partial charge in [-0.25, -0.2) is 4.79 Å². The molecule has 0 aliphatic rings. The Kier molecular flexibility index (Phi) is 9.59. The Hall–Kier alpha value is -2.56. The predicted octanol–water partition coefficient (Wildman–Crippen LogP) is 5.93. The highest BCUT2D eigenvalue weighted by molar-refractivity contribution is 7.99. The number of hydrogen-bond donors (Lipinski definition) is 1. The SMILES string of the molecule is CCOC(=O)c1cc(CC)sc1NC(=O)CSc1nnc(C(C)Oc2ccc(Cl)c(C)c2)n1CC. The molecule has 2 aromatic heterocycles. The summed E-state index contributed by atoms with van der Waals surface area (Å²) in [4.78, 5) is 25.9. The van der Waals surface area contributed by atoms with Gasteiger partial charge >= 0.3 is 5.97 Å². The summed E-state index contributed by atoms with van der Waals surface area (Å²) in [6, 6.07) is 7.27. The third kappa shape index (κ3) is 6.77. The third-order valence-corrected chi connectivity index (χ3v) is 7.67. The Morgan fingerprint density at radius 3 is 2.66 bits per heavy atom. The number of halogens is 1. The van der Waals surface area contributed by atoms with Gasteiger partial charge in [0, 0.05) is 16.4 Å². The molecular weight excluding hydrogens is 508 g/mol. The van der Waals surface area contributed by atoms with E-state index in [4.69, 9.17) is 21.1 Å². The van der Waals surface area contributed by atoms with E-state index in [2.05, 4.69) is 15.5 Å². The monoisotopic (exact) mass is 536 g/mol. The number of ether oxygens (including phenoxy) is 2. The second-order valence-electron chi connectivity index (χ2n) is 7.62. The molecule has 1 amide bonds. The number of thiophene rings is 1. The molecule has 3 aromatic rings. The number of nitrogens with zero attached hydrogens (tertiary/aromatic N) is 3. The maximum absolute atomic E-state index is 12.7. The number of thioether (sulfide) groups is 1. The first-order valence-electron chi connectivity index (χ1n) is 11.4. The Balaban J connectivity index is 1.66. The molecule has 2 heterocycles. The van der Waals surface area contributed by atoms with Gasteiger partial charge in [0.2, 0.25) is 5.91 Å². The van der Waals surface area contributed by atoms with Gasteiger partial charge in [-0.15, -0.1) is 21.5 Å². The standard InChI is InChI=1S/C24H29ClN4O4S2/c1-6-17-12-18(23(31)32-8-3)22(35-17)26-20(30)13-34-24-28-27-21(29(24)7-2)15(5)33-16-9-10-19(25)14(4)11-16/h9-12,15H,6-8,13H2,1-5H3,(H,26,30). The molecule has 11 heteroatoms. The van der Waals surface area contributed by atoms with Crippen molar-refractivity contribution >= 4 is 51.6 Å². The van der Waals surface area contributed by atoms with Gasteiger partial charge in [0.15, 0.2) is 17.1 Å². The fourth-order valence-electron chi connectivity index (χ4n) is 3.31. The van der Waals surface area contributed by atoms with Crippen LogP contribution in [0.3, 0.4) is 0 Å². The van der Waals surface area contributed by atoms with Crippen LogP contribution in [0.5, 0.6) is 5.75 Å². The lowest BCUT2D eigenvalue weighted by Gasteiger charge is -2.16. The summed E-state index contributed by atoms with van der Waals surface area (Å²) in [7, 11) is 0. The van der Waals surface area contributed by atoms with Crippen LogP contribution in [-0.4, -0.2) is 39.0 Å². The smallest absolute Gasteiger partial charge is 0.341 e. The average Bonchev–Trinajstić information content (AvgIpc) is 3.44. The number of anilines is 1. The fourth-order valence-corrected chi connectivity index (χ4v) is 5.24. The Bertz CT molecular complexity index is 1190. The van der Waals surface area contributed by atoms with Gasteiger partial charge in [-0.2, -0.15) is 0 Å². The molecule has 0 aliphatic heterocycles. The summed E-state index contributed by atoms with van der Waals surface area (Å²) < 4.78 is 13.1. The molecule has 0 saturated heterocycles. The first-order chi connectivity index (χ1) is 16.8. The van der Waals surface area contributed by atoms with E-state index in [1.54, 1.807) is 19.1 Å². The van der Waals surface area contributed by atoms with Crippen molar-refractivity contribution < 1.29 is 19.1 Å². The zero-order valence-corrected chi connectivity index (χ0v) is 22.8. The molecule has 8 nitrogen and oxygen atoms in total. The van der Waals surface area contributed by atoms with Crippen molar-refractivity contribution in [1.82, 2.24) is 14.8 Å². The number of hydrogen-bond acceptors (Lipinski definition) is 8. The van der Waals surface area contributed by atoms with Gasteiger partial charge < -0.3 is 19.4 Å². The number of carbonyl (C=O) groups excluding carboxylic acids is 2. The fraction of sp³-hybridized carbons (Fsp3) is 0.417. The van der Waals surface area contributed by atoms with Gasteiger partial charge in [-0.3, -0.25) is 4.79 Å². The number of nitrogens with one attached hydrogen (secondary N) is 1. The van der Waals surface area contributed by atoms with Crippen molar-refractivity contribution in [3.05, 3.63) is 51.1 Å². The van der Waals surface area contributed by atoms with Gasteiger partial charge in [0.25, 0.3) is 0 Å². The molecule has 1 unspecified atom stereocenters. The van der Waals surface area contributed by atoms with Gasteiger partial charge in [0.05, 0.1) is 17.9 Å². The second kappa shape index (κ2) is 12.4. The largest absolute Gasteiger partial charge is 0.483 e. The second-order valence-corrected chi connectivity index (χ2v) is 10.1. The zero-order valence-electron chi connectivity index (χ0n) is 20.4. The minimum atomic E-state index is -0.438. The van der Waals surface area contributed by atoms with Crippen molar-refractivity contribution in [3.63, 3.8) is 0 Å². The van der Waals surface area contributed by atoms with Crippen LogP contribution in [-0.2, 0) is 22.5 Å². The van der Waals surface area contributed by atoms with Crippen LogP contribution in [0.1, 0.15) is 60.4 Å². The zero-order chi connectivity index (χ0) is 25.5. The van der Waals surface area contributed by atoms with Crippen LogP contribution in [0.15, 0.2) is 29.4 Å². The predicted molar refractivity (Wildman–Crippen MR) is 140 cm³/mol. The van der Waals surface area contributed by atoms with E-state index in [-0.39, 0.29) is 24.4 Å². The Labute approximate surface area is 218 Å². The van der Waals surface area contributed by atoms with Gasteiger partial charge in [-0.1, -0.05) is 30.3 Å². The first kappa shape index (κ1) is 27.0. The molecule has 0 spiro atoms. The van der Waals surface area contributed by atoms with Crippen LogP contribution < -0.4 is 10.1 Å². The topological polar surface area (TPSA) is 95.3 Å². The number of rotatable bonds is 11. The first-order valence-corrected chi connectivity index (χ1v) is 13.5. The highest BCUT2D eigenvalue weighted by Gasteiger charge is 2.21. The number of amides is 1. The van der Waals surface area contributed by atoms with Crippen LogP contribution in [0.2, 0.25) is 5.02 Å². The highest BCUT2D eigenvalue weighted by atomic mass is 35.5. The Morgan fingerprint density at radius 2 is 2.00 bits per heavy atom. The van der Waals surface area contributed by atoms with E-state index in [0.717, 1.165) is 16.9 Å². The molecule has 0 aliphatic carbocycles. The van der Waals surface area contributed by atoms with E-state index in [1.165, 1.54) is 23.1 Å². The molecule has 0 saturated carbocycles. The lowest BCUT2D eigenvalue weighted by molar-refractivity contribution is -0.113. The summed E-state index contributed by atoms with van der Waals surface area (Å²) in [5, 5.41) is 13.2. The molecule has 35 heavy (non-hydrogen) atoms. The maximum atomic E-state index is 12.7. The molecule has 1 atom stereocenters. The minimum Gasteiger partial charge on any atom is -0.483 e. The lowest BCUT2D eigenvalue weighted by atomic mass is 10.2. The van der Waals surface area contributed by atoms with Crippen molar-refractivity contribution in [3.8, 4) is 5.75 Å². The van der Waals surface area contributed by atoms with E-state index >= 15 is 0 Å². The number of aromatic nitrogens is 3. The molecule has 0 bridgehead atoms. The summed E-state index contributed by atoms with van der Waals surface area (Å²) in [5.41, 5.74) is 1.31. The van der Waals surface area contributed by atoms with E-state index in [1.807, 2.05) is 44.4 Å². The van der Waals surface area contributed by atoms with Crippen LogP contribution in [0, 0.1) is 6.92 Å². The average molecular weight is 537 g/mol. The molecule has 1 N–H and O–H groups in total. The molecule has 0 radical (unpaired) electrons. The molecular formula is C24H29ClN4O4S2. The quantitative estimate of drug-likeness (QED) is 0.239. The summed E-state index contributed by atoms with van der Waals surface area (Å²) in [6.45, 7) is 10.4. The molecule has 3 rings (SSSR count). The lowest BCUT2D eigenvalue weighted by Crippen LogP contribution is -2.16. The van der Waals surface area contributed by atoms with Gasteiger partial charge in [-0.05, 0) is 63.9 Å². The maximum Gasteiger partial charge on any atom is 0.341 e. The number of carbonyl (C=O) groups is 2. The number of esters is 1. The van der Waals surface area contributed by atoms with Crippen LogP contribution >= 0.6 is 34.7 Å². The molecule has 1 aromatic carbocycles. The highest BCUT2D eigenvalue weighted by Crippen LogP contribution is 2.30. The van der Waals surface area contributed by atoms with Gasteiger partial charge in [0.1, 0.15) is 10.8 Å². The Morgan fingerprint density at radius 1 is 1.23 bits per heavy atom. The number of benzene rings is 1. The van der Waals surface area contributed by atoms with Crippen molar-refractivity contribution in [2.24, 2.45) is 0 Å². The van der Waals surface area contributed by atoms with Crippen LogP contribution in [0.4, 0.5) is 5.00 Å². The van der Waals surface area contributed by atoms with Crippen LogP contribution in [0.25, 0.3) is 0 Å². The van der Waals surface area contributed by atoms with E-state index in [9.17, 15) is 9.59 Å². The van der Waals surface area contributed by atoms with E-state index < -0.39 is 5.97 Å². The molecule has 188 valence electrons. The minimum absolute atomic E-state index is 0.116. The summed E-state index contributed by atoms with van der Waals surface area (Å²) >= 11 is 8.76. The van der Waals surface area contributed by atoms with E-state index in [0.29, 0.717) is 38.9 Å². The van der Waals surface area contributed by atoms with Crippen molar-refractivity contribution in [2.75, 3.05) is 17.7 Å².